The molecule has 1 aromatic heterocycles. The van der Waals surface area contributed by atoms with E-state index in [0.717, 1.165) is 27.8 Å². The Labute approximate surface area is 172 Å². The van der Waals surface area contributed by atoms with Gasteiger partial charge in [0, 0.05) is 37.3 Å². The summed E-state index contributed by atoms with van der Waals surface area (Å²) >= 11 is 0. The molecule has 1 amide bonds. The molecule has 0 saturated carbocycles. The average Bonchev–Trinajstić information content (AvgIpc) is 2.73. The summed E-state index contributed by atoms with van der Waals surface area (Å²) in [5.74, 6) is 3.15. The van der Waals surface area contributed by atoms with Crippen LogP contribution in [0.15, 0.2) is 60.8 Å². The number of rotatable bonds is 6. The van der Waals surface area contributed by atoms with E-state index in [0.29, 0.717) is 24.5 Å². The smallest absolute Gasteiger partial charge is 0.221 e. The van der Waals surface area contributed by atoms with E-state index in [1.54, 1.807) is 20.2 Å². The number of ether oxygens (including phenoxy) is 1. The number of carbonyl (C=O) groups is 1. The lowest BCUT2D eigenvalue weighted by Crippen LogP contribution is -2.28. The van der Waals surface area contributed by atoms with Crippen LogP contribution in [0.1, 0.15) is 29.2 Å². The second-order valence-electron chi connectivity index (χ2n) is 6.95. The Morgan fingerprint density at radius 2 is 1.86 bits per heavy atom. The number of terminal acetylenes is 1. The van der Waals surface area contributed by atoms with Crippen molar-refractivity contribution in [1.82, 2.24) is 9.88 Å². The molecule has 3 aromatic rings. The Morgan fingerprint density at radius 1 is 1.10 bits per heavy atom. The van der Waals surface area contributed by atoms with Gasteiger partial charge in [-0.15, -0.1) is 6.42 Å². The zero-order valence-electron chi connectivity index (χ0n) is 17.0. The van der Waals surface area contributed by atoms with Gasteiger partial charge in [0.2, 0.25) is 11.8 Å². The van der Waals surface area contributed by atoms with Crippen molar-refractivity contribution >= 4 is 5.91 Å². The molecule has 29 heavy (non-hydrogen) atoms. The molecule has 4 heteroatoms. The number of aromatic nitrogens is 1. The van der Waals surface area contributed by atoms with Crippen LogP contribution in [0.3, 0.4) is 0 Å². The Balaban J connectivity index is 2.03. The van der Waals surface area contributed by atoms with E-state index in [2.05, 4.69) is 17.0 Å². The summed E-state index contributed by atoms with van der Waals surface area (Å²) in [6.45, 7) is 4.66. The van der Waals surface area contributed by atoms with Crippen molar-refractivity contribution in [2.75, 3.05) is 7.11 Å². The van der Waals surface area contributed by atoms with Gasteiger partial charge in [-0.3, -0.25) is 4.79 Å². The molecule has 4 nitrogen and oxygen atoms in total. The van der Waals surface area contributed by atoms with Crippen LogP contribution in [-0.2, 0) is 17.9 Å². The van der Waals surface area contributed by atoms with Crippen molar-refractivity contribution in [3.05, 3.63) is 83.0 Å². The molecule has 0 saturated heterocycles. The minimum Gasteiger partial charge on any atom is -0.481 e. The molecule has 2 aromatic carbocycles. The van der Waals surface area contributed by atoms with Crippen molar-refractivity contribution in [3.63, 3.8) is 0 Å². The third-order valence-electron chi connectivity index (χ3n) is 4.78. The van der Waals surface area contributed by atoms with Crippen LogP contribution in [0.4, 0.5) is 0 Å². The summed E-state index contributed by atoms with van der Waals surface area (Å²) in [6, 6.07) is 18.0. The molecule has 0 spiro atoms. The van der Waals surface area contributed by atoms with Gasteiger partial charge in [0.05, 0.1) is 7.11 Å². The minimum atomic E-state index is 0.0174. The molecule has 0 atom stereocenters. The summed E-state index contributed by atoms with van der Waals surface area (Å²) in [4.78, 5) is 18.5. The molecule has 0 N–H and O–H groups in total. The standard InChI is InChI=1S/C25H24N2O2/c1-5-20-14-24(25(29-4)26-15-20)23-12-11-18(2)13-22(23)17-27(19(3)28)16-21-9-7-6-8-10-21/h1,6-15H,16-17H2,2-4H3. The Kier molecular flexibility index (Phi) is 6.31. The average molecular weight is 384 g/mol. The van der Waals surface area contributed by atoms with E-state index in [1.807, 2.05) is 60.4 Å². The Morgan fingerprint density at radius 3 is 2.52 bits per heavy atom. The number of benzene rings is 2. The second-order valence-corrected chi connectivity index (χ2v) is 6.95. The van der Waals surface area contributed by atoms with E-state index in [-0.39, 0.29) is 5.91 Å². The monoisotopic (exact) mass is 384 g/mol. The molecule has 0 aliphatic heterocycles. The molecule has 0 radical (unpaired) electrons. The van der Waals surface area contributed by atoms with Gasteiger partial charge < -0.3 is 9.64 Å². The fraction of sp³-hybridized carbons (Fsp3) is 0.200. The number of amides is 1. The summed E-state index contributed by atoms with van der Waals surface area (Å²) in [7, 11) is 1.59. The summed E-state index contributed by atoms with van der Waals surface area (Å²) in [6.07, 6.45) is 7.19. The van der Waals surface area contributed by atoms with Crippen molar-refractivity contribution in [3.8, 4) is 29.4 Å². The Bertz CT molecular complexity index is 1050. The van der Waals surface area contributed by atoms with Crippen LogP contribution in [0, 0.1) is 19.3 Å². The topological polar surface area (TPSA) is 42.4 Å². The molecule has 0 unspecified atom stereocenters. The Hall–Kier alpha value is -3.58. The van der Waals surface area contributed by atoms with Crippen molar-refractivity contribution in [2.45, 2.75) is 26.9 Å². The van der Waals surface area contributed by atoms with E-state index in [1.165, 1.54) is 0 Å². The number of methoxy groups -OCH3 is 1. The van der Waals surface area contributed by atoms with Crippen molar-refractivity contribution in [2.24, 2.45) is 0 Å². The maximum absolute atomic E-state index is 12.4. The van der Waals surface area contributed by atoms with E-state index in [4.69, 9.17) is 11.2 Å². The summed E-state index contributed by atoms with van der Waals surface area (Å²) in [5, 5.41) is 0. The van der Waals surface area contributed by atoms with Gasteiger partial charge in [-0.25, -0.2) is 4.98 Å². The number of pyridine rings is 1. The maximum atomic E-state index is 12.4. The van der Waals surface area contributed by atoms with Crippen LogP contribution < -0.4 is 4.74 Å². The molecule has 0 aliphatic rings. The number of hydrogen-bond donors (Lipinski definition) is 0. The highest BCUT2D eigenvalue weighted by Crippen LogP contribution is 2.33. The quantitative estimate of drug-likeness (QED) is 0.584. The van der Waals surface area contributed by atoms with Crippen LogP contribution in [0.25, 0.3) is 11.1 Å². The SMILES string of the molecule is C#Cc1cnc(OC)c(-c2ccc(C)cc2CN(Cc2ccccc2)C(C)=O)c1. The highest BCUT2D eigenvalue weighted by atomic mass is 16.5. The van der Waals surface area contributed by atoms with Crippen molar-refractivity contribution in [1.29, 1.82) is 0 Å². The molecular formula is C25H24N2O2. The first-order valence-electron chi connectivity index (χ1n) is 9.41. The first kappa shape index (κ1) is 20.2. The molecule has 0 bridgehead atoms. The van der Waals surface area contributed by atoms with Gasteiger partial charge >= 0.3 is 0 Å². The fourth-order valence-electron chi connectivity index (χ4n) is 3.29. The third kappa shape index (κ3) is 4.83. The first-order chi connectivity index (χ1) is 14.0. The largest absolute Gasteiger partial charge is 0.481 e. The number of hydrogen-bond acceptors (Lipinski definition) is 3. The lowest BCUT2D eigenvalue weighted by atomic mass is 9.97. The normalized spacial score (nSPS) is 10.3. The summed E-state index contributed by atoms with van der Waals surface area (Å²) in [5.41, 5.74) is 5.68. The van der Waals surface area contributed by atoms with Crippen LogP contribution in [0.5, 0.6) is 5.88 Å². The van der Waals surface area contributed by atoms with Crippen LogP contribution >= 0.6 is 0 Å². The predicted octanol–water partition coefficient (Wildman–Crippen LogP) is 4.60. The van der Waals surface area contributed by atoms with Gasteiger partial charge in [-0.05, 0) is 29.7 Å². The number of nitrogens with zero attached hydrogens (tertiary/aromatic N) is 2. The predicted molar refractivity (Wildman–Crippen MR) is 115 cm³/mol. The molecule has 3 rings (SSSR count). The zero-order chi connectivity index (χ0) is 20.8. The summed E-state index contributed by atoms with van der Waals surface area (Å²) < 4.78 is 5.47. The molecule has 0 aliphatic carbocycles. The van der Waals surface area contributed by atoms with E-state index < -0.39 is 0 Å². The van der Waals surface area contributed by atoms with E-state index >= 15 is 0 Å². The fourth-order valence-corrected chi connectivity index (χ4v) is 3.29. The maximum Gasteiger partial charge on any atom is 0.221 e. The minimum absolute atomic E-state index is 0.0174. The molecule has 146 valence electrons. The molecular weight excluding hydrogens is 360 g/mol. The van der Waals surface area contributed by atoms with Gasteiger partial charge in [0.25, 0.3) is 0 Å². The van der Waals surface area contributed by atoms with Crippen LogP contribution in [-0.4, -0.2) is 22.9 Å². The van der Waals surface area contributed by atoms with E-state index in [9.17, 15) is 4.79 Å². The van der Waals surface area contributed by atoms with Crippen LogP contribution in [0.2, 0.25) is 0 Å². The molecule has 0 fully saturated rings. The second kappa shape index (κ2) is 9.07. The third-order valence-corrected chi connectivity index (χ3v) is 4.78. The first-order valence-corrected chi connectivity index (χ1v) is 9.41. The highest BCUT2D eigenvalue weighted by Gasteiger charge is 2.17. The number of aryl methyl sites for hydroxylation is 1. The van der Waals surface area contributed by atoms with Crippen molar-refractivity contribution < 1.29 is 9.53 Å². The lowest BCUT2D eigenvalue weighted by Gasteiger charge is -2.23. The number of carbonyl (C=O) groups excluding carboxylic acids is 1. The van der Waals surface area contributed by atoms with Gasteiger partial charge in [-0.1, -0.05) is 60.0 Å². The zero-order valence-corrected chi connectivity index (χ0v) is 17.0. The van der Waals surface area contributed by atoms with Gasteiger partial charge in [-0.2, -0.15) is 0 Å². The lowest BCUT2D eigenvalue weighted by molar-refractivity contribution is -0.130. The van der Waals surface area contributed by atoms with Gasteiger partial charge in [0.1, 0.15) is 0 Å². The highest BCUT2D eigenvalue weighted by molar-refractivity contribution is 5.76. The molecule has 1 heterocycles. The van der Waals surface area contributed by atoms with Gasteiger partial charge in [0.15, 0.2) is 0 Å².